The summed E-state index contributed by atoms with van der Waals surface area (Å²) in [4.78, 5) is 0. The number of hydrogen-bond acceptors (Lipinski definition) is 2. The van der Waals surface area contributed by atoms with Gasteiger partial charge in [-0.3, -0.25) is 4.68 Å². The molecule has 0 saturated carbocycles. The lowest BCUT2D eigenvalue weighted by Crippen LogP contribution is -2.22. The molecule has 0 unspecified atom stereocenters. The van der Waals surface area contributed by atoms with E-state index in [-0.39, 0.29) is 5.54 Å². The molecular weight excluding hydrogens is 210 g/mol. The van der Waals surface area contributed by atoms with Crippen LogP contribution in [0.4, 0.5) is 0 Å². The minimum absolute atomic E-state index is 0.0827. The smallest absolute Gasteiger partial charge is 0.0543 e. The predicted molar refractivity (Wildman–Crippen MR) is 73.1 cm³/mol. The summed E-state index contributed by atoms with van der Waals surface area (Å²) in [6, 6.07) is 0. The van der Waals surface area contributed by atoms with Gasteiger partial charge in [0.1, 0.15) is 0 Å². The van der Waals surface area contributed by atoms with E-state index in [9.17, 15) is 0 Å². The standard InChI is InChI=1S/C14H27N3/c1-5-6-7-8-9-15-10-13-11-16-17(12-13)14(2,3)4/h11-12,15H,5-10H2,1-4H3. The molecule has 1 rings (SSSR count). The van der Waals surface area contributed by atoms with Gasteiger partial charge in [-0.2, -0.15) is 5.10 Å². The fourth-order valence-electron chi connectivity index (χ4n) is 1.73. The lowest BCUT2D eigenvalue weighted by molar-refractivity contribution is 0.355. The molecule has 3 heteroatoms. The molecule has 3 nitrogen and oxygen atoms in total. The van der Waals surface area contributed by atoms with E-state index in [4.69, 9.17) is 0 Å². The molecule has 0 spiro atoms. The zero-order chi connectivity index (χ0) is 12.7. The summed E-state index contributed by atoms with van der Waals surface area (Å²) in [5, 5.41) is 7.86. The molecule has 0 bridgehead atoms. The summed E-state index contributed by atoms with van der Waals surface area (Å²) in [5.41, 5.74) is 1.36. The Kier molecular flexibility index (Phi) is 5.69. The molecule has 17 heavy (non-hydrogen) atoms. The molecule has 0 aliphatic carbocycles. The minimum atomic E-state index is 0.0827. The summed E-state index contributed by atoms with van der Waals surface area (Å²) >= 11 is 0. The van der Waals surface area contributed by atoms with Gasteiger partial charge in [0, 0.05) is 18.3 Å². The monoisotopic (exact) mass is 237 g/mol. The maximum atomic E-state index is 4.39. The first kappa shape index (κ1) is 14.2. The number of hydrogen-bond donors (Lipinski definition) is 1. The molecule has 0 radical (unpaired) electrons. The van der Waals surface area contributed by atoms with Crippen molar-refractivity contribution in [3.8, 4) is 0 Å². The van der Waals surface area contributed by atoms with Gasteiger partial charge in [-0.25, -0.2) is 0 Å². The number of unbranched alkanes of at least 4 members (excludes halogenated alkanes) is 3. The van der Waals surface area contributed by atoms with Crippen LogP contribution < -0.4 is 5.32 Å². The Balaban J connectivity index is 2.21. The molecule has 0 atom stereocenters. The van der Waals surface area contributed by atoms with E-state index >= 15 is 0 Å². The van der Waals surface area contributed by atoms with Crippen LogP contribution in [0.15, 0.2) is 12.4 Å². The van der Waals surface area contributed by atoms with Crippen molar-refractivity contribution in [3.05, 3.63) is 18.0 Å². The first-order valence-electron chi connectivity index (χ1n) is 6.79. The van der Waals surface area contributed by atoms with Gasteiger partial charge in [0.05, 0.1) is 11.7 Å². The van der Waals surface area contributed by atoms with Crippen LogP contribution in [0.1, 0.15) is 58.9 Å². The molecule has 1 N–H and O–H groups in total. The largest absolute Gasteiger partial charge is 0.313 e. The SMILES string of the molecule is CCCCCCNCc1cnn(C(C)(C)C)c1. The van der Waals surface area contributed by atoms with E-state index in [1.165, 1.54) is 31.2 Å². The molecule has 1 aromatic heterocycles. The highest BCUT2D eigenvalue weighted by molar-refractivity contribution is 5.04. The van der Waals surface area contributed by atoms with Crippen LogP contribution in [-0.4, -0.2) is 16.3 Å². The highest BCUT2D eigenvalue weighted by Crippen LogP contribution is 2.12. The lowest BCUT2D eigenvalue weighted by atomic mass is 10.1. The average Bonchev–Trinajstić information content (AvgIpc) is 2.71. The van der Waals surface area contributed by atoms with Crippen molar-refractivity contribution in [2.75, 3.05) is 6.54 Å². The number of nitrogens with one attached hydrogen (secondary N) is 1. The average molecular weight is 237 g/mol. The third kappa shape index (κ3) is 5.35. The molecule has 0 aliphatic heterocycles. The van der Waals surface area contributed by atoms with Crippen molar-refractivity contribution in [3.63, 3.8) is 0 Å². The molecular formula is C14H27N3. The van der Waals surface area contributed by atoms with E-state index in [1.54, 1.807) is 0 Å². The highest BCUT2D eigenvalue weighted by Gasteiger charge is 2.13. The van der Waals surface area contributed by atoms with Crippen molar-refractivity contribution in [1.29, 1.82) is 0 Å². The minimum Gasteiger partial charge on any atom is -0.313 e. The summed E-state index contributed by atoms with van der Waals surface area (Å²) in [6.07, 6.45) is 9.37. The number of nitrogens with zero attached hydrogens (tertiary/aromatic N) is 2. The molecule has 0 saturated heterocycles. The zero-order valence-electron chi connectivity index (χ0n) is 11.8. The van der Waals surface area contributed by atoms with Crippen molar-refractivity contribution >= 4 is 0 Å². The van der Waals surface area contributed by atoms with Crippen LogP contribution in [-0.2, 0) is 12.1 Å². The Bertz CT molecular complexity index is 310. The Morgan fingerprint density at radius 1 is 1.24 bits per heavy atom. The molecule has 1 aromatic rings. The first-order chi connectivity index (χ1) is 8.04. The molecule has 98 valence electrons. The summed E-state index contributed by atoms with van der Waals surface area (Å²) in [6.45, 7) is 10.8. The van der Waals surface area contributed by atoms with E-state index in [1.807, 2.05) is 10.9 Å². The summed E-state index contributed by atoms with van der Waals surface area (Å²) < 4.78 is 2.03. The van der Waals surface area contributed by atoms with Gasteiger partial charge >= 0.3 is 0 Å². The lowest BCUT2D eigenvalue weighted by Gasteiger charge is -2.18. The van der Waals surface area contributed by atoms with Gasteiger partial charge in [0.2, 0.25) is 0 Å². The Hall–Kier alpha value is -0.830. The molecule has 0 aromatic carbocycles. The fourth-order valence-corrected chi connectivity index (χ4v) is 1.73. The van der Waals surface area contributed by atoms with Crippen LogP contribution >= 0.6 is 0 Å². The van der Waals surface area contributed by atoms with Crippen molar-refractivity contribution in [1.82, 2.24) is 15.1 Å². The van der Waals surface area contributed by atoms with E-state index in [2.05, 4.69) is 44.3 Å². The van der Waals surface area contributed by atoms with Gasteiger partial charge in [-0.1, -0.05) is 26.2 Å². The van der Waals surface area contributed by atoms with Gasteiger partial charge in [0.25, 0.3) is 0 Å². The summed E-state index contributed by atoms with van der Waals surface area (Å²) in [5.74, 6) is 0. The number of rotatable bonds is 7. The molecule has 0 aliphatic rings. The number of aromatic nitrogens is 2. The molecule has 0 amide bonds. The van der Waals surface area contributed by atoms with E-state index < -0.39 is 0 Å². The van der Waals surface area contributed by atoms with E-state index in [0.29, 0.717) is 0 Å². The van der Waals surface area contributed by atoms with Crippen LogP contribution in [0.2, 0.25) is 0 Å². The molecule has 1 heterocycles. The topological polar surface area (TPSA) is 29.9 Å². The highest BCUT2D eigenvalue weighted by atomic mass is 15.3. The third-order valence-electron chi connectivity index (χ3n) is 2.86. The molecule has 0 fully saturated rings. The van der Waals surface area contributed by atoms with E-state index in [0.717, 1.165) is 13.1 Å². The van der Waals surface area contributed by atoms with Crippen molar-refractivity contribution < 1.29 is 0 Å². The summed E-state index contributed by atoms with van der Waals surface area (Å²) in [7, 11) is 0. The maximum absolute atomic E-state index is 4.39. The van der Waals surface area contributed by atoms with Crippen molar-refractivity contribution in [2.24, 2.45) is 0 Å². The van der Waals surface area contributed by atoms with Gasteiger partial charge in [0.15, 0.2) is 0 Å². The quantitative estimate of drug-likeness (QED) is 0.737. The van der Waals surface area contributed by atoms with Crippen molar-refractivity contribution in [2.45, 2.75) is 65.5 Å². The van der Waals surface area contributed by atoms with Crippen LogP contribution in [0.3, 0.4) is 0 Å². The maximum Gasteiger partial charge on any atom is 0.0543 e. The normalized spacial score (nSPS) is 12.0. The Morgan fingerprint density at radius 2 is 2.00 bits per heavy atom. The second kappa shape index (κ2) is 6.80. The second-order valence-corrected chi connectivity index (χ2v) is 5.70. The Morgan fingerprint density at radius 3 is 2.59 bits per heavy atom. The first-order valence-corrected chi connectivity index (χ1v) is 6.79. The van der Waals surface area contributed by atoms with Crippen LogP contribution in [0.25, 0.3) is 0 Å². The fraction of sp³-hybridized carbons (Fsp3) is 0.786. The predicted octanol–water partition coefficient (Wildman–Crippen LogP) is 3.31. The van der Waals surface area contributed by atoms with Crippen LogP contribution in [0.5, 0.6) is 0 Å². The third-order valence-corrected chi connectivity index (χ3v) is 2.86. The van der Waals surface area contributed by atoms with Gasteiger partial charge in [-0.05, 0) is 33.7 Å². The second-order valence-electron chi connectivity index (χ2n) is 5.70. The van der Waals surface area contributed by atoms with Gasteiger partial charge < -0.3 is 5.32 Å². The van der Waals surface area contributed by atoms with Gasteiger partial charge in [-0.15, -0.1) is 0 Å². The Labute approximate surface area is 106 Å². The van der Waals surface area contributed by atoms with Crippen LogP contribution in [0, 0.1) is 0 Å². The zero-order valence-corrected chi connectivity index (χ0v) is 11.8.